The number of rotatable bonds is 12. The third-order valence-corrected chi connectivity index (χ3v) is 7.40. The Balaban J connectivity index is 0.000000547. The highest BCUT2D eigenvalue weighted by Crippen LogP contribution is 2.38. The van der Waals surface area contributed by atoms with Crippen molar-refractivity contribution in [2.45, 2.75) is 86.4 Å². The van der Waals surface area contributed by atoms with Gasteiger partial charge in [0, 0.05) is 36.5 Å². The molecule has 1 aliphatic heterocycles. The normalized spacial score (nSPS) is 14.9. The summed E-state index contributed by atoms with van der Waals surface area (Å²) in [5.74, 6) is 0.0784. The van der Waals surface area contributed by atoms with Crippen LogP contribution in [0.3, 0.4) is 0 Å². The summed E-state index contributed by atoms with van der Waals surface area (Å²) in [4.78, 5) is 25.3. The lowest BCUT2D eigenvalue weighted by atomic mass is 9.94. The van der Waals surface area contributed by atoms with E-state index in [1.807, 2.05) is 37.6 Å². The lowest BCUT2D eigenvalue weighted by molar-refractivity contribution is -0.163. The second-order valence-electron chi connectivity index (χ2n) is 13.2. The molecule has 1 aromatic carbocycles. The number of allylic oxidation sites excluding steroid dienone is 3. The number of benzene rings is 1. The molecule has 11 nitrogen and oxygen atoms in total. The van der Waals surface area contributed by atoms with Crippen LogP contribution in [0, 0.1) is 11.8 Å². The number of nitrogens with one attached hydrogen (secondary N) is 1. The van der Waals surface area contributed by atoms with Gasteiger partial charge in [-0.1, -0.05) is 69.8 Å². The van der Waals surface area contributed by atoms with Gasteiger partial charge in [-0.2, -0.15) is 0 Å². The van der Waals surface area contributed by atoms with E-state index >= 15 is 0 Å². The molecule has 0 fully saturated rings. The van der Waals surface area contributed by atoms with Gasteiger partial charge in [0.2, 0.25) is 0 Å². The fourth-order valence-corrected chi connectivity index (χ4v) is 4.40. The standard InChI is InChI=1S/C26H37N5O3.C8H16O3/c1-7-21-19(4)30(14-13-27-25(33)34-15-12-18(2)3)16-20-10-8-9-11-22(20)24-23(21)28-29-31(24)26(5,6)17-32;1-6(2)7(10)11-8(3,4)5-9/h7-11,18,32H,1,12-17H2,2-6H3,(H,27,33);6,9H,5H2,1-4H3/b21-19-;. The zero-order chi connectivity index (χ0) is 33.9. The lowest BCUT2D eigenvalue weighted by Crippen LogP contribution is -2.35. The van der Waals surface area contributed by atoms with Crippen LogP contribution < -0.4 is 5.32 Å². The maximum Gasteiger partial charge on any atom is 0.407 e. The Morgan fingerprint density at radius 3 is 2.36 bits per heavy atom. The number of hydrogen-bond acceptors (Lipinski definition) is 9. The highest BCUT2D eigenvalue weighted by molar-refractivity contribution is 5.84. The number of carbonyl (C=O) groups is 2. The average Bonchev–Trinajstić information content (AvgIpc) is 3.41. The number of fused-ring (bicyclic) bond motifs is 3. The SMILES string of the molecule is C=C/C1=C(\C)N(CCNC(=O)OCCC(C)C)Cc2ccccc2-c2c1nnn2C(C)(C)CO.CC(C)C(=O)OC(C)(C)CO. The maximum absolute atomic E-state index is 12.1. The molecule has 0 bridgehead atoms. The summed E-state index contributed by atoms with van der Waals surface area (Å²) in [7, 11) is 0. The minimum atomic E-state index is -0.749. The Kier molecular flexibility index (Phi) is 13.8. The molecular formula is C34H53N5O6. The fourth-order valence-electron chi connectivity index (χ4n) is 4.40. The molecule has 2 heterocycles. The number of aliphatic hydroxyl groups is 2. The van der Waals surface area contributed by atoms with Crippen molar-refractivity contribution in [1.29, 1.82) is 0 Å². The number of ether oxygens (including phenoxy) is 2. The van der Waals surface area contributed by atoms with E-state index in [1.165, 1.54) is 0 Å². The largest absolute Gasteiger partial charge is 0.457 e. The zero-order valence-corrected chi connectivity index (χ0v) is 28.5. The average molecular weight is 628 g/mol. The Morgan fingerprint density at radius 1 is 1.11 bits per heavy atom. The first-order chi connectivity index (χ1) is 21.1. The molecule has 0 spiro atoms. The van der Waals surface area contributed by atoms with E-state index in [-0.39, 0.29) is 25.1 Å². The van der Waals surface area contributed by atoms with Crippen molar-refractivity contribution >= 4 is 17.6 Å². The topological polar surface area (TPSA) is 139 Å². The number of esters is 1. The summed E-state index contributed by atoms with van der Waals surface area (Å²) in [6.45, 7) is 22.9. The molecule has 11 heteroatoms. The summed E-state index contributed by atoms with van der Waals surface area (Å²) in [6.07, 6.45) is 2.25. The van der Waals surface area contributed by atoms with Crippen LogP contribution in [0.5, 0.6) is 0 Å². The minimum Gasteiger partial charge on any atom is -0.457 e. The summed E-state index contributed by atoms with van der Waals surface area (Å²) in [5.41, 5.74) is 4.24. The fraction of sp³-hybridized carbons (Fsp3) is 0.588. The highest BCUT2D eigenvalue weighted by atomic mass is 16.6. The Morgan fingerprint density at radius 2 is 1.78 bits per heavy atom. The molecule has 0 atom stereocenters. The van der Waals surface area contributed by atoms with E-state index in [0.717, 1.165) is 40.2 Å². The van der Waals surface area contributed by atoms with Gasteiger partial charge in [-0.25, -0.2) is 9.48 Å². The van der Waals surface area contributed by atoms with Crippen molar-refractivity contribution in [2.75, 3.05) is 32.9 Å². The number of alkyl carbamates (subject to hydrolysis) is 1. The van der Waals surface area contributed by atoms with Gasteiger partial charge in [0.25, 0.3) is 0 Å². The first kappa shape index (κ1) is 37.5. The second kappa shape index (κ2) is 16.6. The molecule has 0 unspecified atom stereocenters. The summed E-state index contributed by atoms with van der Waals surface area (Å²) < 4.78 is 12.0. The molecule has 1 aliphatic rings. The van der Waals surface area contributed by atoms with Crippen molar-refractivity contribution in [3.8, 4) is 11.3 Å². The van der Waals surface area contributed by atoms with E-state index in [4.69, 9.17) is 14.6 Å². The van der Waals surface area contributed by atoms with Gasteiger partial charge in [0.15, 0.2) is 0 Å². The number of aromatic nitrogens is 3. The number of hydrogen-bond donors (Lipinski definition) is 3. The molecule has 0 saturated heterocycles. The van der Waals surface area contributed by atoms with E-state index in [0.29, 0.717) is 32.2 Å². The van der Waals surface area contributed by atoms with Crippen LogP contribution in [0.1, 0.15) is 80.0 Å². The third-order valence-electron chi connectivity index (χ3n) is 7.40. The molecule has 0 aliphatic carbocycles. The van der Waals surface area contributed by atoms with Crippen LogP contribution in [0.4, 0.5) is 4.79 Å². The van der Waals surface area contributed by atoms with Crippen molar-refractivity contribution in [3.05, 3.63) is 53.9 Å². The van der Waals surface area contributed by atoms with Gasteiger partial charge < -0.3 is 29.9 Å². The third kappa shape index (κ3) is 10.4. The van der Waals surface area contributed by atoms with Gasteiger partial charge in [0.1, 0.15) is 11.3 Å². The number of nitrogens with zero attached hydrogens (tertiary/aromatic N) is 4. The lowest BCUT2D eigenvalue weighted by Gasteiger charge is -2.31. The first-order valence-electron chi connectivity index (χ1n) is 15.6. The van der Waals surface area contributed by atoms with E-state index in [1.54, 1.807) is 33.8 Å². The van der Waals surface area contributed by atoms with Crippen LogP contribution in [0.2, 0.25) is 0 Å². The smallest absolute Gasteiger partial charge is 0.407 e. The highest BCUT2D eigenvalue weighted by Gasteiger charge is 2.31. The summed E-state index contributed by atoms with van der Waals surface area (Å²) in [6, 6.07) is 8.17. The molecular weight excluding hydrogens is 574 g/mol. The van der Waals surface area contributed by atoms with Crippen LogP contribution in [0.25, 0.3) is 16.8 Å². The van der Waals surface area contributed by atoms with Gasteiger partial charge in [-0.3, -0.25) is 4.79 Å². The van der Waals surface area contributed by atoms with Crippen molar-refractivity contribution < 1.29 is 29.3 Å². The van der Waals surface area contributed by atoms with E-state index < -0.39 is 17.2 Å². The van der Waals surface area contributed by atoms with Gasteiger partial charge in [-0.05, 0) is 52.5 Å². The maximum atomic E-state index is 12.1. The quantitative estimate of drug-likeness (QED) is 0.273. The van der Waals surface area contributed by atoms with Gasteiger partial charge in [-0.15, -0.1) is 5.10 Å². The van der Waals surface area contributed by atoms with E-state index in [2.05, 4.69) is 53.1 Å². The molecule has 1 aromatic heterocycles. The van der Waals surface area contributed by atoms with Gasteiger partial charge >= 0.3 is 12.1 Å². The predicted molar refractivity (Wildman–Crippen MR) is 176 cm³/mol. The minimum absolute atomic E-state index is 0.0673. The zero-order valence-electron chi connectivity index (χ0n) is 28.5. The van der Waals surface area contributed by atoms with Gasteiger partial charge in [0.05, 0.1) is 37.0 Å². The number of aliphatic hydroxyl groups excluding tert-OH is 2. The Labute approximate surface area is 268 Å². The summed E-state index contributed by atoms with van der Waals surface area (Å²) >= 11 is 0. The van der Waals surface area contributed by atoms with Crippen LogP contribution >= 0.6 is 0 Å². The molecule has 2 aromatic rings. The molecule has 3 N–H and O–H groups in total. The van der Waals surface area contributed by atoms with Crippen LogP contribution in [-0.4, -0.2) is 80.7 Å². The molecule has 250 valence electrons. The van der Waals surface area contributed by atoms with Crippen LogP contribution in [0.15, 0.2) is 42.6 Å². The monoisotopic (exact) mass is 627 g/mol. The molecule has 0 radical (unpaired) electrons. The first-order valence-corrected chi connectivity index (χ1v) is 15.6. The second-order valence-corrected chi connectivity index (χ2v) is 13.2. The predicted octanol–water partition coefficient (Wildman–Crippen LogP) is 5.13. The van der Waals surface area contributed by atoms with Crippen molar-refractivity contribution in [2.24, 2.45) is 11.8 Å². The molecule has 45 heavy (non-hydrogen) atoms. The Bertz CT molecular complexity index is 1330. The summed E-state index contributed by atoms with van der Waals surface area (Å²) in [5, 5.41) is 30.6. The van der Waals surface area contributed by atoms with Crippen molar-refractivity contribution in [1.82, 2.24) is 25.2 Å². The van der Waals surface area contributed by atoms with E-state index in [9.17, 15) is 14.7 Å². The molecule has 1 amide bonds. The molecule has 3 rings (SSSR count). The number of carbonyl (C=O) groups excluding carboxylic acids is 2. The molecule has 0 saturated carbocycles. The Hall–Kier alpha value is -3.70. The van der Waals surface area contributed by atoms with Crippen molar-refractivity contribution in [3.63, 3.8) is 0 Å². The number of amides is 1. The van der Waals surface area contributed by atoms with Crippen LogP contribution in [-0.2, 0) is 26.4 Å².